The summed E-state index contributed by atoms with van der Waals surface area (Å²) in [6.45, 7) is 1.25. The van der Waals surface area contributed by atoms with E-state index in [4.69, 9.17) is 9.47 Å². The molecule has 30 heavy (non-hydrogen) atoms. The molecule has 0 aliphatic carbocycles. The number of aliphatic carboxylic acids is 1. The molecule has 9 nitrogen and oxygen atoms in total. The van der Waals surface area contributed by atoms with Gasteiger partial charge in [0.25, 0.3) is 0 Å². The summed E-state index contributed by atoms with van der Waals surface area (Å²) >= 11 is 0. The van der Waals surface area contributed by atoms with Crippen molar-refractivity contribution in [2.45, 2.75) is 19.4 Å². The maximum Gasteiger partial charge on any atom is 0.355 e. The van der Waals surface area contributed by atoms with Gasteiger partial charge in [0.1, 0.15) is 11.7 Å². The van der Waals surface area contributed by atoms with Crippen LogP contribution in [0.15, 0.2) is 60.0 Å². The van der Waals surface area contributed by atoms with Crippen molar-refractivity contribution in [1.82, 2.24) is 5.32 Å². The van der Waals surface area contributed by atoms with Crippen LogP contribution in [0, 0.1) is 0 Å². The quantitative estimate of drug-likeness (QED) is 0.641. The third kappa shape index (κ3) is 5.34. The van der Waals surface area contributed by atoms with Gasteiger partial charge in [0, 0.05) is 25.2 Å². The molecule has 0 aromatic heterocycles. The van der Waals surface area contributed by atoms with E-state index in [9.17, 15) is 24.3 Å². The Kier molecular flexibility index (Phi) is 7.51. The minimum Gasteiger partial charge on any atom is -0.480 e. The molecule has 0 saturated heterocycles. The largest absolute Gasteiger partial charge is 0.480 e. The minimum atomic E-state index is -1.14. The fraction of sp³-hybridized carbons (Fsp3) is 0.238. The molecule has 1 aliphatic heterocycles. The van der Waals surface area contributed by atoms with E-state index in [1.54, 1.807) is 42.6 Å². The number of esters is 2. The van der Waals surface area contributed by atoms with Crippen LogP contribution in [-0.2, 0) is 35.1 Å². The molecule has 0 fully saturated rings. The number of hydrogen-bond donors (Lipinski definition) is 2. The highest BCUT2D eigenvalue weighted by atomic mass is 16.5. The molecule has 1 aromatic carbocycles. The van der Waals surface area contributed by atoms with Crippen LogP contribution in [-0.4, -0.2) is 49.2 Å². The van der Waals surface area contributed by atoms with Crippen molar-refractivity contribution in [2.24, 2.45) is 0 Å². The average molecular weight is 414 g/mol. The van der Waals surface area contributed by atoms with Crippen LogP contribution in [0.4, 0.5) is 5.69 Å². The number of rotatable bonds is 7. The molecule has 2 rings (SSSR count). The van der Waals surface area contributed by atoms with Crippen LogP contribution in [0.25, 0.3) is 0 Å². The molecule has 9 heteroatoms. The van der Waals surface area contributed by atoms with E-state index in [2.05, 4.69) is 5.32 Å². The number of carboxylic acids is 1. The van der Waals surface area contributed by atoms with E-state index in [1.165, 1.54) is 32.1 Å². The zero-order chi connectivity index (χ0) is 22.3. The van der Waals surface area contributed by atoms with E-state index in [0.29, 0.717) is 11.3 Å². The van der Waals surface area contributed by atoms with Gasteiger partial charge in [0.2, 0.25) is 5.91 Å². The van der Waals surface area contributed by atoms with Gasteiger partial charge in [-0.05, 0) is 29.8 Å². The van der Waals surface area contributed by atoms with Gasteiger partial charge < -0.3 is 24.8 Å². The van der Waals surface area contributed by atoms with Crippen molar-refractivity contribution in [2.75, 3.05) is 19.1 Å². The molecule has 1 unspecified atom stereocenters. The number of carbonyl (C=O) groups is 4. The Morgan fingerprint density at radius 2 is 1.67 bits per heavy atom. The third-order valence-corrected chi connectivity index (χ3v) is 4.22. The number of carboxylic acid groups (broad SMARTS) is 1. The first-order chi connectivity index (χ1) is 14.3. The minimum absolute atomic E-state index is 0.0232. The second-order valence-electron chi connectivity index (χ2n) is 6.28. The Labute approximate surface area is 173 Å². The van der Waals surface area contributed by atoms with Crippen molar-refractivity contribution in [1.29, 1.82) is 0 Å². The number of amides is 1. The lowest BCUT2D eigenvalue weighted by Crippen LogP contribution is -2.41. The predicted molar refractivity (Wildman–Crippen MR) is 107 cm³/mol. The van der Waals surface area contributed by atoms with Crippen LogP contribution >= 0.6 is 0 Å². The van der Waals surface area contributed by atoms with Crippen molar-refractivity contribution in [3.63, 3.8) is 0 Å². The highest BCUT2D eigenvalue weighted by Crippen LogP contribution is 2.26. The summed E-state index contributed by atoms with van der Waals surface area (Å²) in [6.07, 6.45) is 6.36. The Balaban J connectivity index is 2.39. The van der Waals surface area contributed by atoms with Gasteiger partial charge in [0.05, 0.1) is 19.8 Å². The molecule has 158 valence electrons. The number of hydrogen-bond acceptors (Lipinski definition) is 7. The first kappa shape index (κ1) is 22.4. The van der Waals surface area contributed by atoms with Crippen molar-refractivity contribution in [3.05, 3.63) is 65.5 Å². The van der Waals surface area contributed by atoms with Crippen molar-refractivity contribution < 1.29 is 33.8 Å². The highest BCUT2D eigenvalue weighted by molar-refractivity contribution is 6.05. The molecule has 1 aromatic rings. The number of ether oxygens (including phenoxy) is 2. The average Bonchev–Trinajstić information content (AvgIpc) is 2.95. The van der Waals surface area contributed by atoms with Gasteiger partial charge in [-0.3, -0.25) is 4.79 Å². The molecule has 0 spiro atoms. The Hall–Kier alpha value is -3.88. The van der Waals surface area contributed by atoms with E-state index < -0.39 is 29.9 Å². The second kappa shape index (κ2) is 10.1. The number of carbonyl (C=O) groups excluding carboxylic acids is 3. The number of nitrogens with one attached hydrogen (secondary N) is 1. The molecular weight excluding hydrogens is 392 g/mol. The second-order valence-corrected chi connectivity index (χ2v) is 6.28. The number of methoxy groups -OCH3 is 2. The van der Waals surface area contributed by atoms with E-state index in [-0.39, 0.29) is 17.7 Å². The summed E-state index contributed by atoms with van der Waals surface area (Å²) in [5, 5.41) is 11.6. The monoisotopic (exact) mass is 414 g/mol. The van der Waals surface area contributed by atoms with Gasteiger partial charge in [0.15, 0.2) is 0 Å². The van der Waals surface area contributed by atoms with E-state index in [1.807, 2.05) is 0 Å². The van der Waals surface area contributed by atoms with Gasteiger partial charge >= 0.3 is 17.9 Å². The molecule has 1 atom stereocenters. The molecule has 0 radical (unpaired) electrons. The summed E-state index contributed by atoms with van der Waals surface area (Å²) in [5.74, 6) is -3.01. The molecular formula is C21H22N2O7. The zero-order valence-electron chi connectivity index (χ0n) is 16.7. The summed E-state index contributed by atoms with van der Waals surface area (Å²) in [5.41, 5.74) is 1.19. The first-order valence-electron chi connectivity index (χ1n) is 8.92. The molecule has 1 amide bonds. The lowest BCUT2D eigenvalue weighted by Gasteiger charge is -2.23. The lowest BCUT2D eigenvalue weighted by atomic mass is 10.0. The third-order valence-electron chi connectivity index (χ3n) is 4.22. The van der Waals surface area contributed by atoms with Gasteiger partial charge in [-0.15, -0.1) is 0 Å². The van der Waals surface area contributed by atoms with Crippen molar-refractivity contribution in [3.8, 4) is 0 Å². The van der Waals surface area contributed by atoms with E-state index >= 15 is 0 Å². The maximum absolute atomic E-state index is 12.4. The van der Waals surface area contributed by atoms with Gasteiger partial charge in [-0.25, -0.2) is 14.4 Å². The van der Waals surface area contributed by atoms with Crippen LogP contribution in [0.2, 0.25) is 0 Å². The molecule has 1 aliphatic rings. The number of allylic oxidation sites excluding steroid dienone is 2. The predicted octanol–water partition coefficient (Wildman–Crippen LogP) is 1.31. The van der Waals surface area contributed by atoms with Crippen LogP contribution in [0.5, 0.6) is 0 Å². The highest BCUT2D eigenvalue weighted by Gasteiger charge is 2.27. The molecule has 0 bridgehead atoms. The summed E-state index contributed by atoms with van der Waals surface area (Å²) in [6, 6.07) is 5.61. The Bertz CT molecular complexity index is 929. The lowest BCUT2D eigenvalue weighted by molar-refractivity contribution is -0.141. The van der Waals surface area contributed by atoms with Crippen LogP contribution in [0.1, 0.15) is 12.5 Å². The summed E-state index contributed by atoms with van der Waals surface area (Å²) < 4.78 is 9.61. The Morgan fingerprint density at radius 1 is 1.03 bits per heavy atom. The number of nitrogens with zero attached hydrogens (tertiary/aromatic N) is 1. The maximum atomic E-state index is 12.4. The number of anilines is 1. The summed E-state index contributed by atoms with van der Waals surface area (Å²) in [7, 11) is 2.42. The first-order valence-corrected chi connectivity index (χ1v) is 8.92. The molecule has 2 N–H and O–H groups in total. The molecule has 1 heterocycles. The SMILES string of the molecule is COC(=O)C1=C(C(=O)OC)N(c2ccc(CC(NC(C)=O)C(=O)O)cc2)C=CC=C1. The normalized spacial score (nSPS) is 14.0. The summed E-state index contributed by atoms with van der Waals surface area (Å²) in [4.78, 5) is 48.6. The van der Waals surface area contributed by atoms with Gasteiger partial charge in [-0.1, -0.05) is 18.2 Å². The van der Waals surface area contributed by atoms with Crippen molar-refractivity contribution >= 4 is 29.5 Å². The number of benzene rings is 1. The topological polar surface area (TPSA) is 122 Å². The Morgan fingerprint density at radius 3 is 2.20 bits per heavy atom. The van der Waals surface area contributed by atoms with E-state index in [0.717, 1.165) is 0 Å². The van der Waals surface area contributed by atoms with Crippen LogP contribution < -0.4 is 10.2 Å². The van der Waals surface area contributed by atoms with Gasteiger partial charge in [-0.2, -0.15) is 0 Å². The standard InChI is InChI=1S/C21H22N2O7/c1-13(24)22-17(19(25)26)12-14-7-9-15(10-8-14)23-11-5-4-6-16(20(27)29-2)18(23)21(28)30-3/h4-11,17H,12H2,1-3H3,(H,22,24)(H,25,26). The fourth-order valence-corrected chi connectivity index (χ4v) is 2.84. The smallest absolute Gasteiger partial charge is 0.355 e. The van der Waals surface area contributed by atoms with Crippen LogP contribution in [0.3, 0.4) is 0 Å². The molecule has 0 saturated carbocycles. The zero-order valence-corrected chi connectivity index (χ0v) is 16.7. The fourth-order valence-electron chi connectivity index (χ4n) is 2.84.